The number of anilines is 1. The van der Waals surface area contributed by atoms with Crippen molar-refractivity contribution in [1.29, 1.82) is 0 Å². The number of nitrogens with zero attached hydrogens (tertiary/aromatic N) is 2. The minimum absolute atomic E-state index is 0.118. The van der Waals surface area contributed by atoms with E-state index >= 15 is 0 Å². The number of halogens is 2. The Kier molecular flexibility index (Phi) is 3.58. The van der Waals surface area contributed by atoms with Crippen LogP contribution in [0.25, 0.3) is 11.5 Å². The number of rotatable bonds is 4. The van der Waals surface area contributed by atoms with Crippen molar-refractivity contribution in [2.24, 2.45) is 5.92 Å². The van der Waals surface area contributed by atoms with Crippen LogP contribution in [0.1, 0.15) is 24.8 Å². The van der Waals surface area contributed by atoms with Crippen LogP contribution in [0.4, 0.5) is 5.69 Å². The SMILES string of the molecule is COC(c1noc(-c2cc(Cl)c(N)c(Cl)c2)n1)C1CC1. The van der Waals surface area contributed by atoms with E-state index in [0.717, 1.165) is 12.8 Å². The summed E-state index contributed by atoms with van der Waals surface area (Å²) in [4.78, 5) is 4.36. The van der Waals surface area contributed by atoms with Crippen molar-refractivity contribution in [3.63, 3.8) is 0 Å². The number of ether oxygens (including phenoxy) is 1. The van der Waals surface area contributed by atoms with Crippen LogP contribution in [0.5, 0.6) is 0 Å². The number of aromatic nitrogens is 2. The van der Waals surface area contributed by atoms with Crippen LogP contribution < -0.4 is 5.73 Å². The Morgan fingerprint density at radius 3 is 2.55 bits per heavy atom. The summed E-state index contributed by atoms with van der Waals surface area (Å²) in [5, 5.41) is 4.70. The molecular formula is C13H13Cl2N3O2. The van der Waals surface area contributed by atoms with Gasteiger partial charge >= 0.3 is 0 Å². The van der Waals surface area contributed by atoms with Crippen LogP contribution in [0.15, 0.2) is 16.7 Å². The molecule has 2 aromatic rings. The molecule has 1 atom stereocenters. The van der Waals surface area contributed by atoms with Crippen molar-refractivity contribution in [2.45, 2.75) is 18.9 Å². The third-order valence-corrected chi connectivity index (χ3v) is 3.95. The number of benzene rings is 1. The molecule has 1 fully saturated rings. The maximum absolute atomic E-state index is 6.00. The zero-order valence-electron chi connectivity index (χ0n) is 10.8. The standard InChI is InChI=1S/C13H13Cl2N3O2/c1-19-11(6-2-3-6)12-17-13(20-18-12)7-4-8(14)10(16)9(15)5-7/h4-6,11H,2-3,16H2,1H3. The van der Waals surface area contributed by atoms with Crippen molar-refractivity contribution in [2.75, 3.05) is 12.8 Å². The molecule has 0 radical (unpaired) electrons. The number of nitrogens with two attached hydrogens (primary N) is 1. The first-order chi connectivity index (χ1) is 9.60. The number of hydrogen-bond acceptors (Lipinski definition) is 5. The summed E-state index contributed by atoms with van der Waals surface area (Å²) in [6.45, 7) is 0. The Morgan fingerprint density at radius 1 is 1.35 bits per heavy atom. The van der Waals surface area contributed by atoms with Gasteiger partial charge in [-0.3, -0.25) is 0 Å². The van der Waals surface area contributed by atoms with Crippen molar-refractivity contribution >= 4 is 28.9 Å². The average Bonchev–Trinajstić information content (AvgIpc) is 3.13. The fourth-order valence-electron chi connectivity index (χ4n) is 2.08. The highest BCUT2D eigenvalue weighted by Gasteiger charge is 2.35. The predicted molar refractivity (Wildman–Crippen MR) is 76.6 cm³/mol. The first-order valence-electron chi connectivity index (χ1n) is 6.21. The molecule has 1 aliphatic carbocycles. The van der Waals surface area contributed by atoms with Crippen molar-refractivity contribution < 1.29 is 9.26 Å². The number of nitrogen functional groups attached to an aromatic ring is 1. The molecule has 0 spiro atoms. The first kappa shape index (κ1) is 13.7. The molecule has 0 saturated heterocycles. The summed E-state index contributed by atoms with van der Waals surface area (Å²) >= 11 is 12.0. The molecule has 5 nitrogen and oxygen atoms in total. The predicted octanol–water partition coefficient (Wildman–Crippen LogP) is 3.72. The normalized spacial score (nSPS) is 16.4. The van der Waals surface area contributed by atoms with E-state index in [1.54, 1.807) is 19.2 Å². The second-order valence-corrected chi connectivity index (χ2v) is 5.62. The molecule has 1 heterocycles. The quantitative estimate of drug-likeness (QED) is 0.871. The van der Waals surface area contributed by atoms with Crippen LogP contribution in [-0.2, 0) is 4.74 Å². The minimum atomic E-state index is -0.118. The van der Waals surface area contributed by atoms with Crippen LogP contribution >= 0.6 is 23.2 Å². The van der Waals surface area contributed by atoms with E-state index < -0.39 is 0 Å². The zero-order chi connectivity index (χ0) is 14.3. The molecule has 7 heteroatoms. The topological polar surface area (TPSA) is 74.2 Å². The molecule has 0 bridgehead atoms. The molecular weight excluding hydrogens is 301 g/mol. The van der Waals surface area contributed by atoms with Crippen LogP contribution in [0, 0.1) is 5.92 Å². The first-order valence-corrected chi connectivity index (χ1v) is 6.97. The third kappa shape index (κ3) is 2.49. The van der Waals surface area contributed by atoms with E-state index in [4.69, 9.17) is 38.2 Å². The van der Waals surface area contributed by atoms with Crippen LogP contribution in [0.2, 0.25) is 10.0 Å². The molecule has 3 rings (SSSR count). The van der Waals surface area contributed by atoms with Gasteiger partial charge in [-0.15, -0.1) is 0 Å². The molecule has 20 heavy (non-hydrogen) atoms. The Hall–Kier alpha value is -1.30. The molecule has 1 unspecified atom stereocenters. The van der Waals surface area contributed by atoms with Gasteiger partial charge in [0.25, 0.3) is 5.89 Å². The van der Waals surface area contributed by atoms with Crippen LogP contribution in [-0.4, -0.2) is 17.3 Å². The van der Waals surface area contributed by atoms with Crippen molar-refractivity contribution in [3.05, 3.63) is 28.0 Å². The number of hydrogen-bond donors (Lipinski definition) is 1. The molecule has 0 amide bonds. The van der Waals surface area contributed by atoms with E-state index in [2.05, 4.69) is 10.1 Å². The summed E-state index contributed by atoms with van der Waals surface area (Å²) in [6, 6.07) is 3.30. The van der Waals surface area contributed by atoms with Crippen molar-refractivity contribution in [3.8, 4) is 11.5 Å². The van der Waals surface area contributed by atoms with Gasteiger partial charge in [0.1, 0.15) is 6.10 Å². The summed E-state index contributed by atoms with van der Waals surface area (Å²) in [6.07, 6.45) is 2.14. The zero-order valence-corrected chi connectivity index (χ0v) is 12.3. The Bertz CT molecular complexity index is 617. The van der Waals surface area contributed by atoms with Crippen LogP contribution in [0.3, 0.4) is 0 Å². The number of methoxy groups -OCH3 is 1. The second kappa shape index (κ2) is 5.24. The maximum atomic E-state index is 6.00. The van der Waals surface area contributed by atoms with E-state index in [1.165, 1.54) is 0 Å². The smallest absolute Gasteiger partial charge is 0.258 e. The minimum Gasteiger partial charge on any atom is -0.396 e. The largest absolute Gasteiger partial charge is 0.396 e. The molecule has 1 aliphatic rings. The lowest BCUT2D eigenvalue weighted by atomic mass is 10.2. The molecule has 106 valence electrons. The van der Waals surface area contributed by atoms with Gasteiger partial charge in [-0.2, -0.15) is 4.98 Å². The molecule has 2 N–H and O–H groups in total. The van der Waals surface area contributed by atoms with Gasteiger partial charge in [-0.1, -0.05) is 28.4 Å². The van der Waals surface area contributed by atoms with Gasteiger partial charge in [-0.25, -0.2) is 0 Å². The fourth-order valence-corrected chi connectivity index (χ4v) is 2.57. The van der Waals surface area contributed by atoms with E-state index in [9.17, 15) is 0 Å². The lowest BCUT2D eigenvalue weighted by molar-refractivity contribution is 0.0751. The summed E-state index contributed by atoms with van der Waals surface area (Å²) in [5.41, 5.74) is 6.68. The fraction of sp³-hybridized carbons (Fsp3) is 0.385. The van der Waals surface area contributed by atoms with Gasteiger partial charge in [0.05, 0.1) is 15.7 Å². The average molecular weight is 314 g/mol. The summed E-state index contributed by atoms with van der Waals surface area (Å²) in [7, 11) is 1.65. The van der Waals surface area contributed by atoms with Gasteiger partial charge in [0.2, 0.25) is 5.82 Å². The van der Waals surface area contributed by atoms with Gasteiger partial charge in [0.15, 0.2) is 0 Å². The highest BCUT2D eigenvalue weighted by molar-refractivity contribution is 6.39. The highest BCUT2D eigenvalue weighted by atomic mass is 35.5. The molecule has 1 saturated carbocycles. The molecule has 0 aliphatic heterocycles. The summed E-state index contributed by atoms with van der Waals surface area (Å²) < 4.78 is 10.7. The van der Waals surface area contributed by atoms with E-state index in [1.807, 2.05) is 0 Å². The Balaban J connectivity index is 1.93. The second-order valence-electron chi connectivity index (χ2n) is 4.81. The van der Waals surface area contributed by atoms with E-state index in [-0.39, 0.29) is 6.10 Å². The lowest BCUT2D eigenvalue weighted by Gasteiger charge is -2.08. The van der Waals surface area contributed by atoms with Crippen molar-refractivity contribution in [1.82, 2.24) is 10.1 Å². The van der Waals surface area contributed by atoms with Gasteiger partial charge in [-0.05, 0) is 30.9 Å². The van der Waals surface area contributed by atoms with Gasteiger partial charge < -0.3 is 15.0 Å². The van der Waals surface area contributed by atoms with E-state index in [0.29, 0.717) is 38.9 Å². The Morgan fingerprint density at radius 2 is 2.00 bits per heavy atom. The molecule has 1 aromatic carbocycles. The highest BCUT2D eigenvalue weighted by Crippen LogP contribution is 2.42. The monoisotopic (exact) mass is 313 g/mol. The summed E-state index contributed by atoms with van der Waals surface area (Å²) in [5.74, 6) is 1.38. The Labute approximate surface area is 126 Å². The maximum Gasteiger partial charge on any atom is 0.258 e. The lowest BCUT2D eigenvalue weighted by Crippen LogP contribution is -2.05. The van der Waals surface area contributed by atoms with Gasteiger partial charge in [0, 0.05) is 12.7 Å². The molecule has 1 aromatic heterocycles. The third-order valence-electron chi connectivity index (χ3n) is 3.33.